The lowest BCUT2D eigenvalue weighted by Crippen LogP contribution is -2.34. The molecule has 18 heavy (non-hydrogen) atoms. The van der Waals surface area contributed by atoms with Gasteiger partial charge in [0.05, 0.1) is 12.0 Å². The SMILES string of the molecule is O=C(CN1CCCC1)C1(c2ccc(I)cc2)CC1. The summed E-state index contributed by atoms with van der Waals surface area (Å²) < 4.78 is 1.24. The van der Waals surface area contributed by atoms with Crippen LogP contribution in [0.5, 0.6) is 0 Å². The molecule has 1 aromatic rings. The number of carbonyl (C=O) groups excluding carboxylic acids is 1. The van der Waals surface area contributed by atoms with Gasteiger partial charge in [-0.25, -0.2) is 0 Å². The van der Waals surface area contributed by atoms with E-state index in [1.54, 1.807) is 0 Å². The Morgan fingerprint density at radius 3 is 2.33 bits per heavy atom. The van der Waals surface area contributed by atoms with E-state index in [4.69, 9.17) is 0 Å². The second-order valence-electron chi connectivity index (χ2n) is 5.50. The Balaban J connectivity index is 1.73. The summed E-state index contributed by atoms with van der Waals surface area (Å²) in [4.78, 5) is 14.8. The van der Waals surface area contributed by atoms with E-state index in [2.05, 4.69) is 51.8 Å². The molecule has 0 aromatic heterocycles. The van der Waals surface area contributed by atoms with Gasteiger partial charge in [-0.1, -0.05) is 12.1 Å². The van der Waals surface area contributed by atoms with Crippen molar-refractivity contribution in [2.24, 2.45) is 0 Å². The zero-order chi connectivity index (χ0) is 12.6. The fourth-order valence-electron chi connectivity index (χ4n) is 2.92. The van der Waals surface area contributed by atoms with Gasteiger partial charge in [0.1, 0.15) is 0 Å². The van der Waals surface area contributed by atoms with Crippen molar-refractivity contribution in [2.75, 3.05) is 19.6 Å². The fraction of sp³-hybridized carbons (Fsp3) is 0.533. The second kappa shape index (κ2) is 4.93. The van der Waals surface area contributed by atoms with E-state index >= 15 is 0 Å². The minimum absolute atomic E-state index is 0.132. The predicted octanol–water partition coefficient (Wildman–Crippen LogP) is 2.99. The quantitative estimate of drug-likeness (QED) is 0.774. The fourth-order valence-corrected chi connectivity index (χ4v) is 3.28. The number of ketones is 1. The average molecular weight is 355 g/mol. The highest BCUT2D eigenvalue weighted by Crippen LogP contribution is 2.49. The molecule has 3 heteroatoms. The monoisotopic (exact) mass is 355 g/mol. The number of nitrogens with zero attached hydrogens (tertiary/aromatic N) is 1. The van der Waals surface area contributed by atoms with Crippen molar-refractivity contribution in [2.45, 2.75) is 31.1 Å². The van der Waals surface area contributed by atoms with Crippen molar-refractivity contribution >= 4 is 28.4 Å². The maximum absolute atomic E-state index is 12.5. The third-order valence-electron chi connectivity index (χ3n) is 4.25. The Morgan fingerprint density at radius 2 is 1.78 bits per heavy atom. The van der Waals surface area contributed by atoms with Crippen LogP contribution in [0.4, 0.5) is 0 Å². The van der Waals surface area contributed by atoms with Gasteiger partial charge in [0.25, 0.3) is 0 Å². The third kappa shape index (κ3) is 2.35. The van der Waals surface area contributed by atoms with Crippen LogP contribution in [0.2, 0.25) is 0 Å². The van der Waals surface area contributed by atoms with Gasteiger partial charge in [0.2, 0.25) is 0 Å². The number of rotatable bonds is 4. The average Bonchev–Trinajstić information content (AvgIpc) is 3.03. The van der Waals surface area contributed by atoms with Crippen LogP contribution in [0.1, 0.15) is 31.2 Å². The van der Waals surface area contributed by atoms with E-state index in [-0.39, 0.29) is 5.41 Å². The summed E-state index contributed by atoms with van der Waals surface area (Å²) in [6.45, 7) is 2.87. The molecule has 1 aromatic carbocycles. The van der Waals surface area contributed by atoms with Crippen LogP contribution >= 0.6 is 22.6 Å². The van der Waals surface area contributed by atoms with Gasteiger partial charge in [-0.05, 0) is 79.1 Å². The number of Topliss-reactive ketones (excluding diaryl/α,β-unsaturated/α-hetero) is 1. The van der Waals surface area contributed by atoms with Gasteiger partial charge >= 0.3 is 0 Å². The molecule has 0 bridgehead atoms. The number of likely N-dealkylation sites (tertiary alicyclic amines) is 1. The molecular formula is C15H18INO. The van der Waals surface area contributed by atoms with Crippen LogP contribution in [0, 0.1) is 3.57 Å². The molecule has 0 amide bonds. The van der Waals surface area contributed by atoms with E-state index in [9.17, 15) is 4.79 Å². The zero-order valence-electron chi connectivity index (χ0n) is 10.5. The number of hydrogen-bond acceptors (Lipinski definition) is 2. The van der Waals surface area contributed by atoms with Crippen LogP contribution < -0.4 is 0 Å². The van der Waals surface area contributed by atoms with E-state index in [1.807, 2.05) is 0 Å². The number of carbonyl (C=O) groups is 1. The lowest BCUT2D eigenvalue weighted by molar-refractivity contribution is -0.122. The molecule has 0 unspecified atom stereocenters. The smallest absolute Gasteiger partial charge is 0.157 e. The first-order chi connectivity index (χ1) is 8.71. The minimum Gasteiger partial charge on any atom is -0.297 e. The Labute approximate surface area is 122 Å². The van der Waals surface area contributed by atoms with Crippen LogP contribution in [-0.4, -0.2) is 30.3 Å². The van der Waals surface area contributed by atoms with Crippen molar-refractivity contribution in [1.82, 2.24) is 4.90 Å². The minimum atomic E-state index is -0.132. The van der Waals surface area contributed by atoms with Crippen molar-refractivity contribution in [3.63, 3.8) is 0 Å². The Hall–Kier alpha value is -0.420. The zero-order valence-corrected chi connectivity index (χ0v) is 12.7. The predicted molar refractivity (Wildman–Crippen MR) is 80.8 cm³/mol. The van der Waals surface area contributed by atoms with Crippen LogP contribution in [0.25, 0.3) is 0 Å². The number of halogens is 1. The van der Waals surface area contributed by atoms with Crippen LogP contribution in [0.15, 0.2) is 24.3 Å². The molecule has 96 valence electrons. The first-order valence-electron chi connectivity index (χ1n) is 6.72. The van der Waals surface area contributed by atoms with Crippen molar-refractivity contribution in [3.05, 3.63) is 33.4 Å². The highest BCUT2D eigenvalue weighted by atomic mass is 127. The summed E-state index contributed by atoms with van der Waals surface area (Å²) in [7, 11) is 0. The molecule has 3 rings (SSSR count). The molecule has 2 nitrogen and oxygen atoms in total. The van der Waals surface area contributed by atoms with E-state index < -0.39 is 0 Å². The maximum atomic E-state index is 12.5. The van der Waals surface area contributed by atoms with Gasteiger partial charge in [-0.3, -0.25) is 9.69 Å². The summed E-state index contributed by atoms with van der Waals surface area (Å²) in [6.07, 6.45) is 4.59. The largest absolute Gasteiger partial charge is 0.297 e. The highest BCUT2D eigenvalue weighted by Gasteiger charge is 2.50. The lowest BCUT2D eigenvalue weighted by Gasteiger charge is -2.19. The normalized spacial score (nSPS) is 22.1. The molecule has 2 fully saturated rings. The number of benzene rings is 1. The van der Waals surface area contributed by atoms with E-state index in [0.29, 0.717) is 12.3 Å². The highest BCUT2D eigenvalue weighted by molar-refractivity contribution is 14.1. The van der Waals surface area contributed by atoms with E-state index in [0.717, 1.165) is 25.9 Å². The van der Waals surface area contributed by atoms with Crippen molar-refractivity contribution in [3.8, 4) is 0 Å². The molecular weight excluding hydrogens is 337 g/mol. The summed E-state index contributed by atoms with van der Waals surface area (Å²) in [5.74, 6) is 0.436. The maximum Gasteiger partial charge on any atom is 0.157 e. The first kappa shape index (κ1) is 12.6. The van der Waals surface area contributed by atoms with Gasteiger partial charge in [0.15, 0.2) is 5.78 Å². The molecule has 0 radical (unpaired) electrons. The third-order valence-corrected chi connectivity index (χ3v) is 4.97. The molecule has 1 saturated heterocycles. The van der Waals surface area contributed by atoms with Crippen molar-refractivity contribution < 1.29 is 4.79 Å². The summed E-state index contributed by atoms with van der Waals surface area (Å²) in [5, 5.41) is 0. The van der Waals surface area contributed by atoms with Gasteiger partial charge in [-0.2, -0.15) is 0 Å². The standard InChI is InChI=1S/C15H18INO/c16-13-5-3-12(4-6-13)15(7-8-15)14(18)11-17-9-1-2-10-17/h3-6H,1-2,7-11H2. The molecule has 1 aliphatic heterocycles. The molecule has 0 N–H and O–H groups in total. The summed E-state index contributed by atoms with van der Waals surface area (Å²) in [6, 6.07) is 8.49. The summed E-state index contributed by atoms with van der Waals surface area (Å²) in [5.41, 5.74) is 1.10. The van der Waals surface area contributed by atoms with Crippen LogP contribution in [0.3, 0.4) is 0 Å². The molecule has 0 atom stereocenters. The van der Waals surface area contributed by atoms with Gasteiger partial charge in [-0.15, -0.1) is 0 Å². The number of hydrogen-bond donors (Lipinski definition) is 0. The summed E-state index contributed by atoms with van der Waals surface area (Å²) >= 11 is 2.31. The molecule has 0 spiro atoms. The molecule has 1 aliphatic carbocycles. The lowest BCUT2D eigenvalue weighted by atomic mass is 9.91. The van der Waals surface area contributed by atoms with Gasteiger partial charge in [0, 0.05) is 3.57 Å². The van der Waals surface area contributed by atoms with Gasteiger partial charge < -0.3 is 0 Å². The molecule has 1 heterocycles. The topological polar surface area (TPSA) is 20.3 Å². The van der Waals surface area contributed by atoms with E-state index in [1.165, 1.54) is 22.0 Å². The Kier molecular flexibility index (Phi) is 3.45. The van der Waals surface area contributed by atoms with Crippen LogP contribution in [-0.2, 0) is 10.2 Å². The Bertz CT molecular complexity index is 444. The molecule has 2 aliphatic rings. The second-order valence-corrected chi connectivity index (χ2v) is 6.74. The van der Waals surface area contributed by atoms with Crippen molar-refractivity contribution in [1.29, 1.82) is 0 Å². The first-order valence-corrected chi connectivity index (χ1v) is 7.80. The Morgan fingerprint density at radius 1 is 1.17 bits per heavy atom. The molecule has 1 saturated carbocycles.